The molecule has 5 heteroatoms. The Morgan fingerprint density at radius 1 is 1.41 bits per heavy atom. The lowest BCUT2D eigenvalue weighted by atomic mass is 9.90. The number of rotatable bonds is 4. The van der Waals surface area contributed by atoms with Crippen LogP contribution in [0.1, 0.15) is 18.4 Å². The van der Waals surface area contributed by atoms with E-state index in [0.29, 0.717) is 32.6 Å². The summed E-state index contributed by atoms with van der Waals surface area (Å²) in [5.74, 6) is -0.796. The van der Waals surface area contributed by atoms with Crippen LogP contribution in [-0.4, -0.2) is 34.8 Å². The number of hydrogen-bond donors (Lipinski definition) is 2. The molecular formula is C12H16N2O3. The molecule has 92 valence electrons. The molecule has 17 heavy (non-hydrogen) atoms. The average molecular weight is 236 g/mol. The van der Waals surface area contributed by atoms with Crippen molar-refractivity contribution in [1.82, 2.24) is 10.3 Å². The molecule has 0 atom stereocenters. The maximum absolute atomic E-state index is 11.4. The van der Waals surface area contributed by atoms with Gasteiger partial charge in [0.15, 0.2) is 0 Å². The highest BCUT2D eigenvalue weighted by Crippen LogP contribution is 2.21. The number of carbonyl (C=O) groups is 1. The minimum Gasteiger partial charge on any atom is -0.480 e. The van der Waals surface area contributed by atoms with Crippen molar-refractivity contribution < 1.29 is 14.6 Å². The normalized spacial score (nSPS) is 18.8. The molecule has 1 saturated heterocycles. The van der Waals surface area contributed by atoms with Crippen LogP contribution >= 0.6 is 0 Å². The van der Waals surface area contributed by atoms with Crippen molar-refractivity contribution >= 4 is 5.97 Å². The second kappa shape index (κ2) is 5.25. The number of nitrogens with one attached hydrogen (secondary N) is 1. The van der Waals surface area contributed by atoms with Crippen molar-refractivity contribution in [2.45, 2.75) is 24.9 Å². The highest BCUT2D eigenvalue weighted by Gasteiger charge is 2.39. The number of carboxylic acid groups (broad SMARTS) is 1. The highest BCUT2D eigenvalue weighted by atomic mass is 16.5. The molecule has 2 N–H and O–H groups in total. The summed E-state index contributed by atoms with van der Waals surface area (Å²) in [6, 6.07) is 3.75. The number of aliphatic carboxylic acids is 1. The predicted octanol–water partition coefficient (Wildman–Crippen LogP) is 0.805. The van der Waals surface area contributed by atoms with Gasteiger partial charge in [-0.05, 0) is 30.5 Å². The van der Waals surface area contributed by atoms with Crippen LogP contribution in [0.25, 0.3) is 0 Å². The van der Waals surface area contributed by atoms with Gasteiger partial charge < -0.3 is 9.84 Å². The molecule has 0 saturated carbocycles. The molecule has 1 aliphatic rings. The molecule has 0 spiro atoms. The Balaban J connectivity index is 2.01. The molecule has 0 bridgehead atoms. The van der Waals surface area contributed by atoms with Gasteiger partial charge >= 0.3 is 5.97 Å². The van der Waals surface area contributed by atoms with Crippen molar-refractivity contribution in [3.63, 3.8) is 0 Å². The van der Waals surface area contributed by atoms with Gasteiger partial charge in [0, 0.05) is 32.2 Å². The molecule has 1 aliphatic heterocycles. The van der Waals surface area contributed by atoms with Crippen LogP contribution in [0.4, 0.5) is 0 Å². The molecule has 0 radical (unpaired) electrons. The third-order valence-corrected chi connectivity index (χ3v) is 3.14. The van der Waals surface area contributed by atoms with Gasteiger partial charge in [0.05, 0.1) is 0 Å². The Bertz CT molecular complexity index is 375. The molecule has 0 unspecified atom stereocenters. The Morgan fingerprint density at radius 3 is 2.65 bits per heavy atom. The summed E-state index contributed by atoms with van der Waals surface area (Å²) >= 11 is 0. The minimum absolute atomic E-state index is 0.496. The SMILES string of the molecule is O=C(O)C1(NCc2ccncc2)CCOCC1. The third-order valence-electron chi connectivity index (χ3n) is 3.14. The van der Waals surface area contributed by atoms with E-state index in [2.05, 4.69) is 10.3 Å². The molecule has 0 aromatic carbocycles. The van der Waals surface area contributed by atoms with Gasteiger partial charge in [-0.2, -0.15) is 0 Å². The van der Waals surface area contributed by atoms with Crippen LogP contribution in [0.5, 0.6) is 0 Å². The lowest BCUT2D eigenvalue weighted by Crippen LogP contribution is -2.55. The first-order chi connectivity index (χ1) is 8.23. The van der Waals surface area contributed by atoms with E-state index < -0.39 is 11.5 Å². The van der Waals surface area contributed by atoms with Crippen LogP contribution in [0, 0.1) is 0 Å². The Kier molecular flexibility index (Phi) is 3.71. The van der Waals surface area contributed by atoms with Gasteiger partial charge in [-0.25, -0.2) is 0 Å². The molecule has 2 heterocycles. The van der Waals surface area contributed by atoms with Crippen molar-refractivity contribution in [1.29, 1.82) is 0 Å². The summed E-state index contributed by atoms with van der Waals surface area (Å²) in [5, 5.41) is 12.5. The zero-order valence-electron chi connectivity index (χ0n) is 9.56. The Hall–Kier alpha value is -1.46. The summed E-state index contributed by atoms with van der Waals surface area (Å²) in [5.41, 5.74) is 0.189. The van der Waals surface area contributed by atoms with Gasteiger partial charge in [-0.15, -0.1) is 0 Å². The van der Waals surface area contributed by atoms with Gasteiger partial charge in [-0.1, -0.05) is 0 Å². The number of aromatic nitrogens is 1. The lowest BCUT2D eigenvalue weighted by molar-refractivity contribution is -0.149. The first kappa shape index (κ1) is 12.0. The smallest absolute Gasteiger partial charge is 0.324 e. The first-order valence-electron chi connectivity index (χ1n) is 5.68. The average Bonchev–Trinajstić information content (AvgIpc) is 2.38. The van der Waals surface area contributed by atoms with Gasteiger partial charge in [-0.3, -0.25) is 15.1 Å². The topological polar surface area (TPSA) is 71.5 Å². The number of carboxylic acids is 1. The van der Waals surface area contributed by atoms with E-state index >= 15 is 0 Å². The molecule has 1 aromatic heterocycles. The van der Waals surface area contributed by atoms with E-state index in [1.807, 2.05) is 12.1 Å². The summed E-state index contributed by atoms with van der Waals surface area (Å²) in [7, 11) is 0. The molecular weight excluding hydrogens is 220 g/mol. The monoisotopic (exact) mass is 236 g/mol. The van der Waals surface area contributed by atoms with Gasteiger partial charge in [0.25, 0.3) is 0 Å². The van der Waals surface area contributed by atoms with Crippen molar-refractivity contribution in [3.05, 3.63) is 30.1 Å². The van der Waals surface area contributed by atoms with E-state index in [4.69, 9.17) is 4.74 Å². The van der Waals surface area contributed by atoms with Crippen LogP contribution in [-0.2, 0) is 16.1 Å². The molecule has 0 aliphatic carbocycles. The van der Waals surface area contributed by atoms with Crippen LogP contribution < -0.4 is 5.32 Å². The number of pyridine rings is 1. The predicted molar refractivity (Wildman–Crippen MR) is 61.5 cm³/mol. The maximum atomic E-state index is 11.4. The third kappa shape index (κ3) is 2.81. The second-order valence-electron chi connectivity index (χ2n) is 4.21. The summed E-state index contributed by atoms with van der Waals surface area (Å²) in [4.78, 5) is 15.3. The van der Waals surface area contributed by atoms with Crippen molar-refractivity contribution in [2.24, 2.45) is 0 Å². The van der Waals surface area contributed by atoms with E-state index in [1.165, 1.54) is 0 Å². The lowest BCUT2D eigenvalue weighted by Gasteiger charge is -2.34. The Morgan fingerprint density at radius 2 is 2.06 bits per heavy atom. The Labute approximate surface area is 99.8 Å². The fourth-order valence-electron chi connectivity index (χ4n) is 1.96. The number of hydrogen-bond acceptors (Lipinski definition) is 4. The molecule has 1 aromatic rings. The zero-order valence-corrected chi connectivity index (χ0v) is 9.56. The summed E-state index contributed by atoms with van der Waals surface area (Å²) < 4.78 is 5.21. The molecule has 5 nitrogen and oxygen atoms in total. The fraction of sp³-hybridized carbons (Fsp3) is 0.500. The van der Waals surface area contributed by atoms with E-state index in [0.717, 1.165) is 5.56 Å². The van der Waals surface area contributed by atoms with Gasteiger partial charge in [0.2, 0.25) is 0 Å². The highest BCUT2D eigenvalue weighted by molar-refractivity contribution is 5.78. The van der Waals surface area contributed by atoms with Crippen molar-refractivity contribution in [3.8, 4) is 0 Å². The maximum Gasteiger partial charge on any atom is 0.324 e. The summed E-state index contributed by atoms with van der Waals surface area (Å²) in [6.07, 6.45) is 4.42. The molecule has 1 fully saturated rings. The minimum atomic E-state index is -0.846. The van der Waals surface area contributed by atoms with Crippen LogP contribution in [0.3, 0.4) is 0 Å². The van der Waals surface area contributed by atoms with Crippen molar-refractivity contribution in [2.75, 3.05) is 13.2 Å². The molecule has 0 amide bonds. The van der Waals surface area contributed by atoms with Crippen LogP contribution in [0.15, 0.2) is 24.5 Å². The number of nitrogens with zero attached hydrogens (tertiary/aromatic N) is 1. The zero-order chi connectivity index (χ0) is 12.1. The largest absolute Gasteiger partial charge is 0.480 e. The van der Waals surface area contributed by atoms with E-state index in [-0.39, 0.29) is 0 Å². The van der Waals surface area contributed by atoms with E-state index in [9.17, 15) is 9.90 Å². The summed E-state index contributed by atoms with van der Waals surface area (Å²) in [6.45, 7) is 1.53. The number of ether oxygens (including phenoxy) is 1. The van der Waals surface area contributed by atoms with E-state index in [1.54, 1.807) is 12.4 Å². The second-order valence-corrected chi connectivity index (χ2v) is 4.21. The molecule has 2 rings (SSSR count). The quantitative estimate of drug-likeness (QED) is 0.809. The fourth-order valence-corrected chi connectivity index (χ4v) is 1.96. The van der Waals surface area contributed by atoms with Crippen LogP contribution in [0.2, 0.25) is 0 Å². The van der Waals surface area contributed by atoms with Gasteiger partial charge in [0.1, 0.15) is 5.54 Å². The first-order valence-corrected chi connectivity index (χ1v) is 5.68. The standard InChI is InChI=1S/C12H16N2O3/c15-11(16)12(3-7-17-8-4-12)14-9-10-1-5-13-6-2-10/h1-2,5-6,14H,3-4,7-9H2,(H,15,16).